The molecular weight excluding hydrogens is 330 g/mol. The number of carbonyl (C=O) groups is 1. The number of likely N-dealkylation sites (tertiary alicyclic amines) is 1. The topological polar surface area (TPSA) is 95.7 Å². The number of rotatable bonds is 6. The van der Waals surface area contributed by atoms with Gasteiger partial charge < -0.3 is 25.7 Å². The van der Waals surface area contributed by atoms with Crippen LogP contribution in [-0.2, 0) is 0 Å². The Bertz CT molecular complexity index is 806. The summed E-state index contributed by atoms with van der Waals surface area (Å²) in [4.78, 5) is 21.7. The van der Waals surface area contributed by atoms with Gasteiger partial charge in [0.2, 0.25) is 0 Å². The van der Waals surface area contributed by atoms with E-state index in [-0.39, 0.29) is 5.96 Å². The number of nitrogens with one attached hydrogen (secondary N) is 2. The van der Waals surface area contributed by atoms with Gasteiger partial charge in [0.15, 0.2) is 5.96 Å². The zero-order valence-electron chi connectivity index (χ0n) is 15.5. The first-order valence-corrected chi connectivity index (χ1v) is 9.12. The highest BCUT2D eigenvalue weighted by molar-refractivity contribution is 6.05. The van der Waals surface area contributed by atoms with Crippen molar-refractivity contribution >= 4 is 22.8 Å². The van der Waals surface area contributed by atoms with Crippen molar-refractivity contribution in [1.29, 1.82) is 0 Å². The van der Waals surface area contributed by atoms with Gasteiger partial charge in [-0.15, -0.1) is 0 Å². The van der Waals surface area contributed by atoms with Crippen LogP contribution >= 0.6 is 0 Å². The lowest BCUT2D eigenvalue weighted by Crippen LogP contribution is -2.28. The highest BCUT2D eigenvalue weighted by Crippen LogP contribution is 2.29. The number of aromatic amines is 1. The summed E-state index contributed by atoms with van der Waals surface area (Å²) in [5, 5.41) is 3.61. The molecule has 1 fully saturated rings. The SMILES string of the molecule is CNC(N)=NC(=O)c1cc2c(C)ccc(OCCCN3CCCC3)c2[nH]1. The van der Waals surface area contributed by atoms with Crippen molar-refractivity contribution in [3.05, 3.63) is 29.5 Å². The molecule has 4 N–H and O–H groups in total. The number of hydrogen-bond acceptors (Lipinski definition) is 3. The standard InChI is InChI=1S/C19H27N5O2/c1-13-6-7-16(26-11-5-10-24-8-3-4-9-24)17-14(13)12-15(22-17)18(25)23-19(20)21-2/h6-7,12,22H,3-5,8-11H2,1-2H3,(H3,20,21,23,25). The van der Waals surface area contributed by atoms with Crippen molar-refractivity contribution in [3.8, 4) is 5.75 Å². The summed E-state index contributed by atoms with van der Waals surface area (Å²) in [5.74, 6) is 0.438. The molecule has 7 heteroatoms. The number of aliphatic imine (C=N–C) groups is 1. The molecule has 0 bridgehead atoms. The Balaban J connectivity index is 1.71. The summed E-state index contributed by atoms with van der Waals surface area (Å²) in [6.45, 7) is 6.14. The molecule has 2 heterocycles. The average Bonchev–Trinajstić information content (AvgIpc) is 3.30. The van der Waals surface area contributed by atoms with Crippen LogP contribution in [0.2, 0.25) is 0 Å². The first kappa shape index (κ1) is 18.3. The molecule has 1 aromatic carbocycles. The second-order valence-corrected chi connectivity index (χ2v) is 6.66. The Labute approximate surface area is 153 Å². The van der Waals surface area contributed by atoms with Gasteiger partial charge in [-0.3, -0.25) is 4.79 Å². The monoisotopic (exact) mass is 357 g/mol. The fourth-order valence-corrected chi connectivity index (χ4v) is 3.27. The molecule has 0 spiro atoms. The normalized spacial score (nSPS) is 15.5. The molecule has 140 valence electrons. The fraction of sp³-hybridized carbons (Fsp3) is 0.474. The number of carbonyl (C=O) groups excluding carboxylic acids is 1. The van der Waals surface area contributed by atoms with Crippen LogP contribution in [0.3, 0.4) is 0 Å². The van der Waals surface area contributed by atoms with Crippen molar-refractivity contribution in [2.75, 3.05) is 33.3 Å². The lowest BCUT2D eigenvalue weighted by molar-refractivity contribution is 0.0998. The van der Waals surface area contributed by atoms with Gasteiger partial charge in [-0.05, 0) is 57.0 Å². The van der Waals surface area contributed by atoms with E-state index in [4.69, 9.17) is 10.5 Å². The minimum absolute atomic E-state index is 0.0868. The lowest BCUT2D eigenvalue weighted by atomic mass is 10.1. The van der Waals surface area contributed by atoms with Gasteiger partial charge >= 0.3 is 0 Å². The molecule has 1 aliphatic heterocycles. The van der Waals surface area contributed by atoms with Crippen molar-refractivity contribution in [2.24, 2.45) is 10.7 Å². The number of amides is 1. The molecule has 0 unspecified atom stereocenters. The summed E-state index contributed by atoms with van der Waals surface area (Å²) in [6, 6.07) is 5.76. The first-order chi connectivity index (χ1) is 12.6. The first-order valence-electron chi connectivity index (χ1n) is 9.12. The maximum atomic E-state index is 12.2. The minimum Gasteiger partial charge on any atom is -0.491 e. The zero-order valence-corrected chi connectivity index (χ0v) is 15.5. The molecule has 1 amide bonds. The highest BCUT2D eigenvalue weighted by Gasteiger charge is 2.14. The molecule has 7 nitrogen and oxygen atoms in total. The quantitative estimate of drug-likeness (QED) is 0.418. The molecule has 0 atom stereocenters. The molecule has 2 aromatic rings. The third kappa shape index (κ3) is 4.16. The molecule has 0 radical (unpaired) electrons. The third-order valence-corrected chi connectivity index (χ3v) is 4.76. The number of ether oxygens (including phenoxy) is 1. The molecule has 1 aliphatic rings. The van der Waals surface area contributed by atoms with Crippen molar-refractivity contribution < 1.29 is 9.53 Å². The summed E-state index contributed by atoms with van der Waals surface area (Å²) in [5.41, 5.74) is 7.87. The van der Waals surface area contributed by atoms with Crippen LogP contribution in [-0.4, -0.2) is 55.0 Å². The predicted octanol–water partition coefficient (Wildman–Crippen LogP) is 2.02. The smallest absolute Gasteiger partial charge is 0.296 e. The number of fused-ring (bicyclic) bond motifs is 1. The molecule has 0 aliphatic carbocycles. The van der Waals surface area contributed by atoms with Gasteiger partial charge in [0, 0.05) is 19.0 Å². The molecular formula is C19H27N5O2. The number of benzene rings is 1. The minimum atomic E-state index is -0.410. The summed E-state index contributed by atoms with van der Waals surface area (Å²) < 4.78 is 5.99. The largest absolute Gasteiger partial charge is 0.491 e. The maximum absolute atomic E-state index is 12.2. The van der Waals surface area contributed by atoms with Gasteiger partial charge in [-0.1, -0.05) is 6.07 Å². The van der Waals surface area contributed by atoms with E-state index in [1.165, 1.54) is 25.9 Å². The number of nitrogens with zero attached hydrogens (tertiary/aromatic N) is 2. The van der Waals surface area contributed by atoms with Gasteiger partial charge in [0.05, 0.1) is 12.1 Å². The number of aromatic nitrogens is 1. The van der Waals surface area contributed by atoms with Crippen LogP contribution in [0, 0.1) is 6.92 Å². The molecule has 1 aromatic heterocycles. The number of guanidine groups is 1. The van der Waals surface area contributed by atoms with Crippen LogP contribution in [0.1, 0.15) is 35.3 Å². The number of hydrogen-bond donors (Lipinski definition) is 3. The van der Waals surface area contributed by atoms with Crippen LogP contribution in [0.15, 0.2) is 23.2 Å². The average molecular weight is 357 g/mol. The summed E-state index contributed by atoms with van der Waals surface area (Å²) in [6.07, 6.45) is 3.60. The van der Waals surface area contributed by atoms with E-state index in [1.54, 1.807) is 13.1 Å². The van der Waals surface area contributed by atoms with E-state index in [9.17, 15) is 4.79 Å². The molecule has 26 heavy (non-hydrogen) atoms. The van der Waals surface area contributed by atoms with Gasteiger partial charge in [-0.2, -0.15) is 4.99 Å². The molecule has 1 saturated heterocycles. The van der Waals surface area contributed by atoms with E-state index >= 15 is 0 Å². The Morgan fingerprint density at radius 3 is 2.88 bits per heavy atom. The van der Waals surface area contributed by atoms with Crippen molar-refractivity contribution in [1.82, 2.24) is 15.2 Å². The summed E-state index contributed by atoms with van der Waals surface area (Å²) in [7, 11) is 1.62. The second kappa shape index (κ2) is 8.23. The van der Waals surface area contributed by atoms with E-state index in [1.807, 2.05) is 19.1 Å². The second-order valence-electron chi connectivity index (χ2n) is 6.66. The summed E-state index contributed by atoms with van der Waals surface area (Å²) >= 11 is 0. The van der Waals surface area contributed by atoms with Crippen molar-refractivity contribution in [3.63, 3.8) is 0 Å². The van der Waals surface area contributed by atoms with E-state index in [0.29, 0.717) is 12.3 Å². The van der Waals surface area contributed by atoms with Gasteiger partial charge in [0.25, 0.3) is 5.91 Å². The zero-order chi connectivity index (χ0) is 18.5. The predicted molar refractivity (Wildman–Crippen MR) is 104 cm³/mol. The maximum Gasteiger partial charge on any atom is 0.296 e. The van der Waals surface area contributed by atoms with Gasteiger partial charge in [-0.25, -0.2) is 0 Å². The Morgan fingerprint density at radius 1 is 1.38 bits per heavy atom. The Kier molecular flexibility index (Phi) is 5.78. The van der Waals surface area contributed by atoms with Crippen molar-refractivity contribution in [2.45, 2.75) is 26.2 Å². The van der Waals surface area contributed by atoms with Crippen LogP contribution < -0.4 is 15.8 Å². The van der Waals surface area contributed by atoms with Crippen LogP contribution in [0.5, 0.6) is 5.75 Å². The lowest BCUT2D eigenvalue weighted by Gasteiger charge is -2.14. The number of H-pyrrole nitrogens is 1. The van der Waals surface area contributed by atoms with Crippen LogP contribution in [0.25, 0.3) is 10.9 Å². The molecule has 3 rings (SSSR count). The Morgan fingerprint density at radius 2 is 2.15 bits per heavy atom. The van der Waals surface area contributed by atoms with Crippen LogP contribution in [0.4, 0.5) is 0 Å². The fourth-order valence-electron chi connectivity index (χ4n) is 3.27. The van der Waals surface area contributed by atoms with E-state index in [2.05, 4.69) is 20.2 Å². The molecule has 0 saturated carbocycles. The van der Waals surface area contributed by atoms with E-state index in [0.717, 1.165) is 35.2 Å². The van der Waals surface area contributed by atoms with Gasteiger partial charge in [0.1, 0.15) is 11.4 Å². The number of nitrogens with two attached hydrogens (primary N) is 1. The Hall–Kier alpha value is -2.54. The third-order valence-electron chi connectivity index (χ3n) is 4.76. The number of aryl methyl sites for hydroxylation is 1. The highest BCUT2D eigenvalue weighted by atomic mass is 16.5. The van der Waals surface area contributed by atoms with E-state index < -0.39 is 5.91 Å².